The summed E-state index contributed by atoms with van der Waals surface area (Å²) in [4.78, 5) is 25.2. The molecule has 0 radical (unpaired) electrons. The van der Waals surface area contributed by atoms with Crippen molar-refractivity contribution in [2.24, 2.45) is 0 Å². The van der Waals surface area contributed by atoms with E-state index in [1.165, 1.54) is 5.32 Å². The maximum absolute atomic E-state index is 15.2. The van der Waals surface area contributed by atoms with E-state index in [1.54, 1.807) is 0 Å². The molecule has 0 saturated carbocycles. The van der Waals surface area contributed by atoms with Gasteiger partial charge in [-0.2, -0.15) is 53.4 Å². The van der Waals surface area contributed by atoms with Gasteiger partial charge in [0.2, 0.25) is 0 Å². The van der Waals surface area contributed by atoms with Crippen LogP contribution in [-0.2, 0) is 11.8 Å². The minimum atomic E-state index is -7.32. The molecule has 0 aromatic heterocycles. The van der Waals surface area contributed by atoms with Crippen LogP contribution in [0.15, 0.2) is 59.1 Å². The molecule has 3 aromatic carbocycles. The summed E-state index contributed by atoms with van der Waals surface area (Å²) in [5, 5.41) is 11.2. The molecule has 2 amide bonds. The monoisotopic (exact) mass is 732 g/mol. The summed E-state index contributed by atoms with van der Waals surface area (Å²) >= 11 is 2.19. The number of carbonyl (C=O) groups is 2. The molecule has 5 nitrogen and oxygen atoms in total. The van der Waals surface area contributed by atoms with Crippen molar-refractivity contribution in [2.45, 2.75) is 30.1 Å². The molecule has 45 heavy (non-hydrogen) atoms. The number of amides is 2. The zero-order valence-corrected chi connectivity index (χ0v) is 22.7. The highest BCUT2D eigenvalue weighted by atomic mass is 79.9. The van der Waals surface area contributed by atoms with Gasteiger partial charge in [0.1, 0.15) is 11.5 Å². The van der Waals surface area contributed by atoms with Crippen molar-refractivity contribution >= 4 is 39.1 Å². The summed E-state index contributed by atoms with van der Waals surface area (Å²) in [7, 11) is 0. The van der Waals surface area contributed by atoms with Gasteiger partial charge < -0.3 is 5.32 Å². The Morgan fingerprint density at radius 2 is 1.33 bits per heavy atom. The van der Waals surface area contributed by atoms with E-state index in [2.05, 4.69) is 15.9 Å². The smallest absolute Gasteiger partial charge is 0.320 e. The number of hydrogen-bond donors (Lipinski definition) is 2. The fourth-order valence-electron chi connectivity index (χ4n) is 3.74. The Morgan fingerprint density at radius 3 is 1.82 bits per heavy atom. The van der Waals surface area contributed by atoms with Crippen LogP contribution in [0.5, 0.6) is 0 Å². The van der Waals surface area contributed by atoms with Gasteiger partial charge in [-0.1, -0.05) is 6.07 Å². The van der Waals surface area contributed by atoms with Crippen molar-refractivity contribution in [3.05, 3.63) is 93.0 Å². The average molecular weight is 733 g/mol. The normalized spacial score (nSPS) is 14.1. The first-order chi connectivity index (χ1) is 20.4. The predicted octanol–water partition coefficient (Wildman–Crippen LogP) is 8.96. The number of hydroxylamine groups is 1. The van der Waals surface area contributed by atoms with E-state index < -0.39 is 104 Å². The minimum absolute atomic E-state index is 0.371. The van der Waals surface area contributed by atoms with Crippen molar-refractivity contribution in [3.63, 3.8) is 0 Å². The molecule has 244 valence electrons. The second-order valence-corrected chi connectivity index (χ2v) is 9.68. The standard InChI is InChI=1S/C25H11BrF14N2O3/c26-15-9-11(21(29,24(35,36)37)23(33,34)25(38,39)40)8-14(22(30,31)32)18(15)41-19(43)13-2-1-3-16(17(13)28)42(45)20(44)10-4-6-12(27)7-5-10/h1-9,45H,(H,41,43). The van der Waals surface area contributed by atoms with E-state index in [0.717, 1.165) is 30.3 Å². The van der Waals surface area contributed by atoms with Gasteiger partial charge >= 0.3 is 30.1 Å². The summed E-state index contributed by atoms with van der Waals surface area (Å²) in [5.41, 5.74) is -16.6. The Kier molecular flexibility index (Phi) is 9.30. The Labute approximate surface area is 249 Å². The molecule has 0 aliphatic heterocycles. The molecule has 3 aromatic rings. The molecule has 3 rings (SSSR count). The van der Waals surface area contributed by atoms with Crippen molar-refractivity contribution in [2.75, 3.05) is 10.4 Å². The molecule has 20 heteroatoms. The number of nitrogens with zero attached hydrogens (tertiary/aromatic N) is 1. The SMILES string of the molecule is O=C(Nc1c(Br)cc(C(F)(C(F)(F)F)C(F)(F)C(F)(F)F)cc1C(F)(F)F)c1cccc(N(O)C(=O)c2ccc(F)cc2)c1F. The molecule has 2 N–H and O–H groups in total. The second kappa shape index (κ2) is 11.8. The zero-order valence-electron chi connectivity index (χ0n) is 21.1. The summed E-state index contributed by atoms with van der Waals surface area (Å²) < 4.78 is 190. The maximum atomic E-state index is 15.2. The molecule has 0 aliphatic carbocycles. The molecule has 0 heterocycles. The number of alkyl halides is 12. The van der Waals surface area contributed by atoms with Gasteiger partial charge in [0.05, 0.1) is 16.8 Å². The number of carbonyl (C=O) groups excluding carboxylic acids is 2. The van der Waals surface area contributed by atoms with Crippen LogP contribution in [0.25, 0.3) is 0 Å². The number of rotatable bonds is 6. The van der Waals surface area contributed by atoms with Gasteiger partial charge in [-0.3, -0.25) is 14.8 Å². The Morgan fingerprint density at radius 1 is 0.778 bits per heavy atom. The van der Waals surface area contributed by atoms with E-state index in [9.17, 15) is 71.9 Å². The Bertz CT molecular complexity index is 1620. The highest BCUT2D eigenvalue weighted by Crippen LogP contribution is 2.59. The number of halogens is 15. The van der Waals surface area contributed by atoms with E-state index >= 15 is 4.39 Å². The van der Waals surface area contributed by atoms with Gasteiger partial charge in [0.25, 0.3) is 11.8 Å². The fourth-order valence-corrected chi connectivity index (χ4v) is 4.30. The first-order valence-corrected chi connectivity index (χ1v) is 12.2. The lowest BCUT2D eigenvalue weighted by molar-refractivity contribution is -0.389. The highest BCUT2D eigenvalue weighted by Gasteiger charge is 2.82. The predicted molar refractivity (Wildman–Crippen MR) is 128 cm³/mol. The summed E-state index contributed by atoms with van der Waals surface area (Å²) in [6, 6.07) is 3.78. The number of anilines is 2. The van der Waals surface area contributed by atoms with Crippen molar-refractivity contribution in [3.8, 4) is 0 Å². The number of benzene rings is 3. The molecule has 0 aliphatic rings. The van der Waals surface area contributed by atoms with Crippen LogP contribution in [0, 0.1) is 11.6 Å². The summed E-state index contributed by atoms with van der Waals surface area (Å²) in [6.07, 6.45) is -20.4. The lowest BCUT2D eigenvalue weighted by Crippen LogP contribution is -2.59. The van der Waals surface area contributed by atoms with Gasteiger partial charge in [0.15, 0.2) is 5.82 Å². The third-order valence-corrected chi connectivity index (χ3v) is 6.57. The molecule has 0 spiro atoms. The lowest BCUT2D eigenvalue weighted by Gasteiger charge is -2.36. The topological polar surface area (TPSA) is 69.6 Å². The van der Waals surface area contributed by atoms with Crippen LogP contribution in [0.3, 0.4) is 0 Å². The average Bonchev–Trinajstić information content (AvgIpc) is 2.91. The van der Waals surface area contributed by atoms with E-state index in [0.29, 0.717) is 12.1 Å². The van der Waals surface area contributed by atoms with Crippen LogP contribution in [0.4, 0.5) is 72.8 Å². The van der Waals surface area contributed by atoms with Crippen molar-refractivity contribution in [1.29, 1.82) is 0 Å². The molecule has 0 fully saturated rings. The van der Waals surface area contributed by atoms with Gasteiger partial charge in [-0.25, -0.2) is 13.2 Å². The number of nitrogens with one attached hydrogen (secondary N) is 1. The zero-order chi connectivity index (χ0) is 34.5. The molecule has 1 atom stereocenters. The highest BCUT2D eigenvalue weighted by molar-refractivity contribution is 9.10. The van der Waals surface area contributed by atoms with E-state index in [4.69, 9.17) is 0 Å². The van der Waals surface area contributed by atoms with E-state index in [1.807, 2.05) is 0 Å². The van der Waals surface area contributed by atoms with Crippen molar-refractivity contribution in [1.82, 2.24) is 0 Å². The van der Waals surface area contributed by atoms with Gasteiger partial charge in [0, 0.05) is 15.6 Å². The molecule has 1 unspecified atom stereocenters. The van der Waals surface area contributed by atoms with Crippen LogP contribution >= 0.6 is 15.9 Å². The molecule has 0 bridgehead atoms. The third-order valence-electron chi connectivity index (χ3n) is 5.95. The maximum Gasteiger partial charge on any atom is 0.457 e. The molecular formula is C25H11BrF14N2O3. The largest absolute Gasteiger partial charge is 0.457 e. The summed E-state index contributed by atoms with van der Waals surface area (Å²) in [6.45, 7) is 0. The lowest BCUT2D eigenvalue weighted by atomic mass is 9.86. The second-order valence-electron chi connectivity index (χ2n) is 8.82. The first kappa shape index (κ1) is 35.5. The number of hydrogen-bond acceptors (Lipinski definition) is 3. The van der Waals surface area contributed by atoms with Gasteiger partial charge in [-0.05, 0) is 64.5 Å². The quantitative estimate of drug-likeness (QED) is 0.151. The molecule has 0 saturated heterocycles. The van der Waals surface area contributed by atoms with Crippen LogP contribution in [0.1, 0.15) is 31.8 Å². The van der Waals surface area contributed by atoms with Crippen LogP contribution in [0.2, 0.25) is 0 Å². The van der Waals surface area contributed by atoms with Crippen LogP contribution < -0.4 is 10.4 Å². The van der Waals surface area contributed by atoms with Crippen molar-refractivity contribution < 1.29 is 76.3 Å². The van der Waals surface area contributed by atoms with E-state index in [-0.39, 0.29) is 5.06 Å². The fraction of sp³-hybridized carbons (Fsp3) is 0.200. The molecular weight excluding hydrogens is 722 g/mol. The first-order valence-electron chi connectivity index (χ1n) is 11.4. The Hall–Kier alpha value is -3.94. The van der Waals surface area contributed by atoms with Crippen LogP contribution in [-0.4, -0.2) is 35.3 Å². The third kappa shape index (κ3) is 6.42. The minimum Gasteiger partial charge on any atom is -0.320 e. The summed E-state index contributed by atoms with van der Waals surface area (Å²) in [5.74, 6) is -13.2. The Balaban J connectivity index is 2.12. The van der Waals surface area contributed by atoms with Gasteiger partial charge in [-0.15, -0.1) is 0 Å².